The molecule has 5 rings (SSSR count). The van der Waals surface area contributed by atoms with Gasteiger partial charge < -0.3 is 9.53 Å². The molecule has 4 fully saturated rings. The van der Waals surface area contributed by atoms with Gasteiger partial charge >= 0.3 is 0 Å². The minimum atomic E-state index is -1.72. The van der Waals surface area contributed by atoms with Gasteiger partial charge in [0.1, 0.15) is 0 Å². The summed E-state index contributed by atoms with van der Waals surface area (Å²) >= 11 is 0. The van der Waals surface area contributed by atoms with Gasteiger partial charge in [-0.05, 0) is 141 Å². The molecule has 0 amide bonds. The lowest BCUT2D eigenvalue weighted by Gasteiger charge is -2.62. The van der Waals surface area contributed by atoms with Gasteiger partial charge in [-0.25, -0.2) is 0 Å². The van der Waals surface area contributed by atoms with Crippen LogP contribution in [0.15, 0.2) is 24.5 Å². The number of fused-ring (bicyclic) bond motifs is 5. The van der Waals surface area contributed by atoms with Gasteiger partial charge in [-0.2, -0.15) is 0 Å². The van der Waals surface area contributed by atoms with E-state index in [1.54, 1.807) is 0 Å². The van der Waals surface area contributed by atoms with Crippen molar-refractivity contribution in [3.63, 3.8) is 0 Å². The molecular formula is C32H53NO2Si. The van der Waals surface area contributed by atoms with Gasteiger partial charge in [0.2, 0.25) is 0 Å². The van der Waals surface area contributed by atoms with E-state index in [0.29, 0.717) is 17.4 Å². The average Bonchev–Trinajstić information content (AvgIpc) is 3.17. The fourth-order valence-corrected chi connectivity index (χ4v) is 11.1. The maximum atomic E-state index is 11.9. The Morgan fingerprint density at radius 1 is 0.889 bits per heavy atom. The van der Waals surface area contributed by atoms with E-state index < -0.39 is 13.9 Å². The lowest BCUT2D eigenvalue weighted by atomic mass is 9.44. The van der Waals surface area contributed by atoms with E-state index in [1.807, 2.05) is 24.5 Å². The minimum Gasteiger partial charge on any atom is -0.414 e. The Morgan fingerprint density at radius 2 is 1.53 bits per heavy atom. The first kappa shape index (κ1) is 26.9. The molecule has 1 aromatic heterocycles. The zero-order valence-corrected chi connectivity index (χ0v) is 25.4. The highest BCUT2D eigenvalue weighted by molar-refractivity contribution is 6.74. The van der Waals surface area contributed by atoms with Gasteiger partial charge in [0.25, 0.3) is 0 Å². The molecule has 4 saturated carbocycles. The van der Waals surface area contributed by atoms with E-state index in [1.165, 1.54) is 51.4 Å². The van der Waals surface area contributed by atoms with Crippen molar-refractivity contribution in [3.8, 4) is 0 Å². The second-order valence-electron chi connectivity index (χ2n) is 15.5. The molecule has 1 N–H and O–H groups in total. The van der Waals surface area contributed by atoms with Gasteiger partial charge in [0.05, 0.1) is 5.60 Å². The van der Waals surface area contributed by atoms with Crippen LogP contribution >= 0.6 is 0 Å². The summed E-state index contributed by atoms with van der Waals surface area (Å²) in [5, 5.41) is 12.2. The number of hydrogen-bond acceptors (Lipinski definition) is 3. The second-order valence-corrected chi connectivity index (χ2v) is 20.2. The summed E-state index contributed by atoms with van der Waals surface area (Å²) in [5.41, 5.74) is 0.977. The molecular weight excluding hydrogens is 458 g/mol. The molecule has 202 valence electrons. The Labute approximate surface area is 222 Å². The topological polar surface area (TPSA) is 42.4 Å². The van der Waals surface area contributed by atoms with Crippen LogP contribution in [0.4, 0.5) is 0 Å². The number of pyridine rings is 1. The number of rotatable bonds is 4. The molecule has 0 bridgehead atoms. The molecule has 3 nitrogen and oxygen atoms in total. The molecule has 4 aliphatic carbocycles. The van der Waals surface area contributed by atoms with Crippen molar-refractivity contribution in [2.75, 3.05) is 0 Å². The largest absolute Gasteiger partial charge is 0.414 e. The molecule has 0 aromatic carbocycles. The van der Waals surface area contributed by atoms with Gasteiger partial charge in [-0.1, -0.05) is 34.6 Å². The number of hydrogen-bond donors (Lipinski definition) is 1. The zero-order chi connectivity index (χ0) is 26.1. The lowest BCUT2D eigenvalue weighted by molar-refractivity contribution is -0.144. The zero-order valence-electron chi connectivity index (χ0n) is 24.4. The highest BCUT2D eigenvalue weighted by Gasteiger charge is 2.62. The molecule has 36 heavy (non-hydrogen) atoms. The number of nitrogens with zero attached hydrogens (tertiary/aromatic N) is 1. The fourth-order valence-electron chi connectivity index (χ4n) is 9.73. The first-order chi connectivity index (χ1) is 16.7. The number of aromatic nitrogens is 1. The van der Waals surface area contributed by atoms with Gasteiger partial charge in [0.15, 0.2) is 8.32 Å². The quantitative estimate of drug-likeness (QED) is 0.413. The molecule has 5 unspecified atom stereocenters. The van der Waals surface area contributed by atoms with Crippen molar-refractivity contribution in [2.45, 2.75) is 129 Å². The van der Waals surface area contributed by atoms with E-state index in [4.69, 9.17) is 4.43 Å². The van der Waals surface area contributed by atoms with E-state index in [9.17, 15) is 5.11 Å². The van der Waals surface area contributed by atoms with Gasteiger partial charge in [-0.15, -0.1) is 0 Å². The molecule has 4 aliphatic rings. The van der Waals surface area contributed by atoms with E-state index in [2.05, 4.69) is 59.6 Å². The summed E-state index contributed by atoms with van der Waals surface area (Å²) in [5.74, 6) is 3.60. The molecule has 4 heteroatoms. The number of aliphatic hydroxyl groups is 1. The van der Waals surface area contributed by atoms with Crippen LogP contribution in [0.3, 0.4) is 0 Å². The summed E-state index contributed by atoms with van der Waals surface area (Å²) in [6, 6.07) is 4.05. The molecule has 1 heterocycles. The van der Waals surface area contributed by atoms with Crippen LogP contribution in [0.1, 0.15) is 105 Å². The fraction of sp³-hybridized carbons (Fsp3) is 0.844. The minimum absolute atomic E-state index is 0.236. The second kappa shape index (κ2) is 8.91. The first-order valence-electron chi connectivity index (χ1n) is 15.0. The van der Waals surface area contributed by atoms with Crippen LogP contribution in [0.2, 0.25) is 18.1 Å². The first-order valence-corrected chi connectivity index (χ1v) is 17.9. The molecule has 9 atom stereocenters. The standard InChI is InChI=1S/C32H53NO2Si/c1-29(2,3)36(7,8)35-24-13-17-30(4)23(21-24)9-10-25-26-11-12-28(31(26,5)18-14-27(25)30)32(6,34)22-15-19-33-20-16-22/h15-16,19-20,23-28,34H,9-14,17-18,21H2,1-8H3/t23?,24-,25?,26?,27?,28-,30-,31-,32?/m0/s1. The van der Waals surface area contributed by atoms with Crippen LogP contribution in [0.25, 0.3) is 0 Å². The van der Waals surface area contributed by atoms with Crippen LogP contribution in [0, 0.1) is 40.4 Å². The SMILES string of the molecule is CC(O)(c1ccncc1)[C@H]1CCC2C3CCC4C[C@@H](O[Si](C)(C)C(C)(C)C)CC[C@]4(C)C3CC[C@@]21C. The van der Waals surface area contributed by atoms with Crippen molar-refractivity contribution in [1.82, 2.24) is 4.98 Å². The van der Waals surface area contributed by atoms with Gasteiger partial charge in [-0.3, -0.25) is 4.98 Å². The summed E-state index contributed by atoms with van der Waals surface area (Å²) in [6.07, 6.45) is 15.9. The van der Waals surface area contributed by atoms with Crippen molar-refractivity contribution in [2.24, 2.45) is 40.4 Å². The summed E-state index contributed by atoms with van der Waals surface area (Å²) in [6.45, 7) is 19.3. The van der Waals surface area contributed by atoms with Crippen LogP contribution < -0.4 is 0 Å². The normalized spacial score (nSPS) is 42.7. The Balaban J connectivity index is 1.32. The van der Waals surface area contributed by atoms with Crippen molar-refractivity contribution >= 4 is 8.32 Å². The van der Waals surface area contributed by atoms with Crippen molar-refractivity contribution in [3.05, 3.63) is 30.1 Å². The van der Waals surface area contributed by atoms with Crippen molar-refractivity contribution in [1.29, 1.82) is 0 Å². The van der Waals surface area contributed by atoms with Gasteiger partial charge in [0, 0.05) is 18.5 Å². The third-order valence-electron chi connectivity index (χ3n) is 12.8. The van der Waals surface area contributed by atoms with Crippen LogP contribution in [-0.4, -0.2) is 24.5 Å². The highest BCUT2D eigenvalue weighted by atomic mass is 28.4. The molecule has 0 spiro atoms. The Kier molecular flexibility index (Phi) is 6.65. The Morgan fingerprint density at radius 3 is 2.19 bits per heavy atom. The monoisotopic (exact) mass is 511 g/mol. The van der Waals surface area contributed by atoms with Crippen molar-refractivity contribution < 1.29 is 9.53 Å². The molecule has 0 aliphatic heterocycles. The average molecular weight is 512 g/mol. The molecule has 1 aromatic rings. The lowest BCUT2D eigenvalue weighted by Crippen LogP contribution is -2.56. The van der Waals surface area contributed by atoms with Crippen LogP contribution in [0.5, 0.6) is 0 Å². The summed E-state index contributed by atoms with van der Waals surface area (Å²) in [7, 11) is -1.72. The van der Waals surface area contributed by atoms with E-state index >= 15 is 0 Å². The highest BCUT2D eigenvalue weighted by Crippen LogP contribution is 2.69. The van der Waals surface area contributed by atoms with E-state index in [0.717, 1.165) is 35.7 Å². The third kappa shape index (κ3) is 4.16. The smallest absolute Gasteiger partial charge is 0.192 e. The summed E-state index contributed by atoms with van der Waals surface area (Å²) < 4.78 is 6.96. The summed E-state index contributed by atoms with van der Waals surface area (Å²) in [4.78, 5) is 4.20. The Bertz CT molecular complexity index is 939. The predicted octanol–water partition coefficient (Wildman–Crippen LogP) is 8.34. The molecule has 0 saturated heterocycles. The van der Waals surface area contributed by atoms with E-state index in [-0.39, 0.29) is 10.5 Å². The van der Waals surface area contributed by atoms with Crippen LogP contribution in [-0.2, 0) is 10.0 Å². The predicted molar refractivity (Wildman–Crippen MR) is 151 cm³/mol. The third-order valence-corrected chi connectivity index (χ3v) is 17.4. The Hall–Kier alpha value is -0.713. The maximum absolute atomic E-state index is 11.9. The molecule has 0 radical (unpaired) electrons. The maximum Gasteiger partial charge on any atom is 0.192 e.